The molecule has 1 aromatic rings. The summed E-state index contributed by atoms with van der Waals surface area (Å²) in [5.41, 5.74) is 4.14. The van der Waals surface area contributed by atoms with Gasteiger partial charge >= 0.3 is 6.18 Å². The van der Waals surface area contributed by atoms with Crippen LogP contribution in [-0.2, 0) is 11.0 Å². The lowest BCUT2D eigenvalue weighted by Crippen LogP contribution is -2.48. The van der Waals surface area contributed by atoms with E-state index in [1.807, 2.05) is 0 Å². The van der Waals surface area contributed by atoms with Crippen molar-refractivity contribution >= 4 is 23.4 Å². The minimum Gasteiger partial charge on any atom is -0.369 e. The smallest absolute Gasteiger partial charge is 0.369 e. The Hall–Kier alpha value is -1.76. The maximum atomic E-state index is 12.9. The first-order valence-electron chi connectivity index (χ1n) is 7.07. The van der Waals surface area contributed by atoms with E-state index in [-0.39, 0.29) is 23.2 Å². The zero-order valence-corrected chi connectivity index (χ0v) is 13.1. The van der Waals surface area contributed by atoms with Gasteiger partial charge in [-0.2, -0.15) is 13.2 Å². The van der Waals surface area contributed by atoms with Gasteiger partial charge in [-0.25, -0.2) is 0 Å². The molecule has 0 aromatic heterocycles. The summed E-state index contributed by atoms with van der Waals surface area (Å²) in [5.74, 6) is -1.59. The lowest BCUT2D eigenvalue weighted by Gasteiger charge is -2.37. The van der Waals surface area contributed by atoms with Crippen molar-refractivity contribution in [3.63, 3.8) is 0 Å². The van der Waals surface area contributed by atoms with E-state index >= 15 is 0 Å². The second kappa shape index (κ2) is 6.39. The quantitative estimate of drug-likeness (QED) is 0.892. The lowest BCUT2D eigenvalue weighted by molar-refractivity contribution is -0.137. The molecular weight excluding hydrogens is 333 g/mol. The van der Waals surface area contributed by atoms with Crippen LogP contribution in [-0.4, -0.2) is 29.3 Å². The topological polar surface area (TPSA) is 63.4 Å². The number of piperidine rings is 1. The third-order valence-corrected chi connectivity index (χ3v) is 4.24. The number of rotatable bonds is 2. The van der Waals surface area contributed by atoms with E-state index in [1.165, 1.54) is 11.0 Å². The van der Waals surface area contributed by atoms with Crippen molar-refractivity contribution in [2.75, 3.05) is 6.54 Å². The van der Waals surface area contributed by atoms with Crippen LogP contribution in [0.5, 0.6) is 0 Å². The fourth-order valence-electron chi connectivity index (χ4n) is 2.66. The first-order chi connectivity index (χ1) is 10.6. The molecule has 0 radical (unpaired) electrons. The molecule has 1 aromatic carbocycles. The molecule has 2 atom stereocenters. The third kappa shape index (κ3) is 3.96. The van der Waals surface area contributed by atoms with Crippen LogP contribution in [0.15, 0.2) is 18.2 Å². The van der Waals surface area contributed by atoms with Crippen LogP contribution < -0.4 is 5.73 Å². The zero-order chi connectivity index (χ0) is 17.4. The molecule has 2 rings (SSSR count). The number of carbonyl (C=O) groups excluding carboxylic acids is 2. The lowest BCUT2D eigenvalue weighted by atomic mass is 9.92. The fourth-order valence-corrected chi connectivity index (χ4v) is 2.90. The standard InChI is InChI=1S/C15H16ClF3N2O2/c1-8-2-3-9(13(20)22)7-21(8)14(23)10-4-11(15(17,18)19)6-12(16)5-10/h4-6,8-9H,2-3,7H2,1H3,(H2,20,22)/t8-,9-/m0/s1. The van der Waals surface area contributed by atoms with Gasteiger partial charge in [0, 0.05) is 23.2 Å². The van der Waals surface area contributed by atoms with E-state index in [1.54, 1.807) is 6.92 Å². The molecule has 126 valence electrons. The van der Waals surface area contributed by atoms with Crippen LogP contribution in [0.4, 0.5) is 13.2 Å². The number of nitrogens with zero attached hydrogens (tertiary/aromatic N) is 1. The van der Waals surface area contributed by atoms with Gasteiger partial charge < -0.3 is 10.6 Å². The van der Waals surface area contributed by atoms with Crippen molar-refractivity contribution in [3.8, 4) is 0 Å². The number of nitrogens with two attached hydrogens (primary N) is 1. The summed E-state index contributed by atoms with van der Waals surface area (Å²) in [6, 6.07) is 2.55. The van der Waals surface area contributed by atoms with Crippen LogP contribution in [0, 0.1) is 5.92 Å². The Balaban J connectivity index is 2.32. The highest BCUT2D eigenvalue weighted by Crippen LogP contribution is 2.33. The van der Waals surface area contributed by atoms with Gasteiger partial charge in [-0.1, -0.05) is 11.6 Å². The SMILES string of the molecule is C[C@H]1CC[C@H](C(N)=O)CN1C(=O)c1cc(Cl)cc(C(F)(F)F)c1. The fraction of sp³-hybridized carbons (Fsp3) is 0.467. The molecule has 8 heteroatoms. The highest BCUT2D eigenvalue weighted by atomic mass is 35.5. The first-order valence-corrected chi connectivity index (χ1v) is 7.45. The molecule has 1 aliphatic heterocycles. The Morgan fingerprint density at radius 2 is 1.91 bits per heavy atom. The van der Waals surface area contributed by atoms with Crippen molar-refractivity contribution < 1.29 is 22.8 Å². The minimum absolute atomic E-state index is 0.100. The number of alkyl halides is 3. The van der Waals surface area contributed by atoms with Gasteiger partial charge in [0.25, 0.3) is 5.91 Å². The summed E-state index contributed by atoms with van der Waals surface area (Å²) in [4.78, 5) is 25.3. The van der Waals surface area contributed by atoms with E-state index in [9.17, 15) is 22.8 Å². The highest BCUT2D eigenvalue weighted by molar-refractivity contribution is 6.31. The monoisotopic (exact) mass is 348 g/mol. The summed E-state index contributed by atoms with van der Waals surface area (Å²) >= 11 is 5.71. The number of halogens is 4. The molecule has 1 saturated heterocycles. The molecule has 23 heavy (non-hydrogen) atoms. The Morgan fingerprint density at radius 1 is 1.26 bits per heavy atom. The third-order valence-electron chi connectivity index (χ3n) is 4.02. The van der Waals surface area contributed by atoms with Crippen molar-refractivity contribution in [2.45, 2.75) is 32.0 Å². The van der Waals surface area contributed by atoms with Crippen molar-refractivity contribution in [1.29, 1.82) is 0 Å². The van der Waals surface area contributed by atoms with E-state index in [0.717, 1.165) is 12.1 Å². The van der Waals surface area contributed by atoms with Crippen molar-refractivity contribution in [2.24, 2.45) is 11.7 Å². The zero-order valence-electron chi connectivity index (χ0n) is 12.4. The number of amides is 2. The summed E-state index contributed by atoms with van der Waals surface area (Å²) in [6.45, 7) is 1.88. The Kier molecular flexibility index (Phi) is 4.89. The van der Waals surface area contributed by atoms with E-state index < -0.39 is 29.5 Å². The molecule has 0 spiro atoms. The van der Waals surface area contributed by atoms with Crippen LogP contribution in [0.1, 0.15) is 35.7 Å². The van der Waals surface area contributed by atoms with Gasteiger partial charge in [0.2, 0.25) is 5.91 Å². The minimum atomic E-state index is -4.59. The maximum Gasteiger partial charge on any atom is 0.416 e. The van der Waals surface area contributed by atoms with Crippen LogP contribution >= 0.6 is 11.6 Å². The molecule has 1 aliphatic rings. The predicted octanol–water partition coefficient (Wildman–Crippen LogP) is 3.08. The van der Waals surface area contributed by atoms with Gasteiger partial charge in [0.05, 0.1) is 11.5 Å². The first kappa shape index (κ1) is 17.6. The van der Waals surface area contributed by atoms with E-state index in [4.69, 9.17) is 17.3 Å². The molecule has 2 N–H and O–H groups in total. The Labute approximate surface area is 136 Å². The molecule has 4 nitrogen and oxygen atoms in total. The molecule has 0 bridgehead atoms. The van der Waals surface area contributed by atoms with Crippen molar-refractivity contribution in [3.05, 3.63) is 34.3 Å². The summed E-state index contributed by atoms with van der Waals surface area (Å²) in [7, 11) is 0. The number of primary amides is 1. The summed E-state index contributed by atoms with van der Waals surface area (Å²) < 4.78 is 38.6. The van der Waals surface area contributed by atoms with Gasteiger partial charge in [-0.15, -0.1) is 0 Å². The number of carbonyl (C=O) groups is 2. The molecule has 1 fully saturated rings. The Morgan fingerprint density at radius 3 is 2.48 bits per heavy atom. The van der Waals surface area contributed by atoms with Crippen LogP contribution in [0.3, 0.4) is 0 Å². The second-order valence-corrected chi connectivity index (χ2v) is 6.15. The van der Waals surface area contributed by atoms with Crippen molar-refractivity contribution in [1.82, 2.24) is 4.90 Å². The summed E-state index contributed by atoms with van der Waals surface area (Å²) in [5, 5.41) is -0.167. The van der Waals surface area contributed by atoms with Gasteiger partial charge in [-0.05, 0) is 38.0 Å². The van der Waals surface area contributed by atoms with E-state index in [0.29, 0.717) is 12.8 Å². The van der Waals surface area contributed by atoms with Gasteiger partial charge in [-0.3, -0.25) is 9.59 Å². The number of likely N-dealkylation sites (tertiary alicyclic amines) is 1. The maximum absolute atomic E-state index is 12.9. The second-order valence-electron chi connectivity index (χ2n) is 5.71. The molecular formula is C15H16ClF3N2O2. The largest absolute Gasteiger partial charge is 0.416 e. The Bertz CT molecular complexity index is 634. The predicted molar refractivity (Wildman–Crippen MR) is 78.9 cm³/mol. The molecule has 0 saturated carbocycles. The molecule has 1 heterocycles. The summed E-state index contributed by atoms with van der Waals surface area (Å²) in [6.07, 6.45) is -3.47. The molecule has 0 unspecified atom stereocenters. The van der Waals surface area contributed by atoms with Crippen LogP contribution in [0.25, 0.3) is 0 Å². The normalized spacial score (nSPS) is 22.0. The highest BCUT2D eigenvalue weighted by Gasteiger charge is 2.35. The molecule has 2 amide bonds. The molecule has 0 aliphatic carbocycles. The number of benzene rings is 1. The van der Waals surface area contributed by atoms with Gasteiger partial charge in [0.1, 0.15) is 0 Å². The van der Waals surface area contributed by atoms with Gasteiger partial charge in [0.15, 0.2) is 0 Å². The number of hydrogen-bond acceptors (Lipinski definition) is 2. The van der Waals surface area contributed by atoms with Crippen LogP contribution in [0.2, 0.25) is 5.02 Å². The van der Waals surface area contributed by atoms with E-state index in [2.05, 4.69) is 0 Å². The number of hydrogen-bond donors (Lipinski definition) is 1. The average molecular weight is 349 g/mol. The average Bonchev–Trinajstić information content (AvgIpc) is 2.45.